The van der Waals surface area contributed by atoms with E-state index in [4.69, 9.17) is 30.5 Å². The summed E-state index contributed by atoms with van der Waals surface area (Å²) < 4.78 is 102. The Morgan fingerprint density at radius 3 is 1.44 bits per heavy atom. The summed E-state index contributed by atoms with van der Waals surface area (Å²) in [7, 11) is 0. The Morgan fingerprint density at radius 1 is 0.500 bits per heavy atom. The van der Waals surface area contributed by atoms with Crippen molar-refractivity contribution in [1.29, 1.82) is 21.0 Å². The normalized spacial score (nSPS) is 12.8. The number of nitrogens with one attached hydrogen (secondary N) is 2. The first-order valence-corrected chi connectivity index (χ1v) is 9.34. The first-order chi connectivity index (χ1) is 17.2. The summed E-state index contributed by atoms with van der Waals surface area (Å²) in [5.74, 6) is -14.4. The van der Waals surface area contributed by atoms with Crippen LogP contribution in [0.2, 0.25) is 0 Å². The first-order valence-electron chi connectivity index (χ1n) is 9.34. The minimum atomic E-state index is -2.00. The molecule has 0 spiro atoms. The predicted molar refractivity (Wildman–Crippen MR) is 106 cm³/mol. The van der Waals surface area contributed by atoms with Gasteiger partial charge in [0, 0.05) is 0 Å². The van der Waals surface area contributed by atoms with Crippen LogP contribution in [0.3, 0.4) is 0 Å². The minimum Gasteiger partial charge on any atom is -0.436 e. The molecule has 3 aromatic carbocycles. The van der Waals surface area contributed by atoms with Gasteiger partial charge in [0.25, 0.3) is 0 Å². The second-order valence-corrected chi connectivity index (χ2v) is 7.10. The molecule has 2 N–H and O–H groups in total. The van der Waals surface area contributed by atoms with E-state index in [9.17, 15) is 8.78 Å². The van der Waals surface area contributed by atoms with Crippen LogP contribution < -0.4 is 20.1 Å². The van der Waals surface area contributed by atoms with Crippen molar-refractivity contribution >= 4 is 32.9 Å². The van der Waals surface area contributed by atoms with Gasteiger partial charge in [-0.05, 0) is 0 Å². The van der Waals surface area contributed by atoms with E-state index in [1.165, 1.54) is 24.3 Å². The van der Waals surface area contributed by atoms with Crippen molar-refractivity contribution in [3.05, 3.63) is 57.8 Å². The van der Waals surface area contributed by atoms with Crippen LogP contribution in [0.1, 0.15) is 0 Å². The van der Waals surface area contributed by atoms with Crippen LogP contribution in [0.5, 0.6) is 11.5 Å². The molecule has 0 aromatic heterocycles. The number of halogens is 6. The fraction of sp³-hybridized carbons (Fsp3) is 0. The smallest absolute Gasteiger partial charge is 0.227 e. The Hall–Kier alpha value is -5.60. The maximum absolute atomic E-state index is 15.7. The van der Waals surface area contributed by atoms with Crippen LogP contribution in [0, 0.1) is 80.2 Å². The highest BCUT2D eigenvalue weighted by Gasteiger charge is 2.38. The van der Waals surface area contributed by atoms with Crippen LogP contribution in [0.25, 0.3) is 21.5 Å². The number of nitrogens with zero attached hydrogens (tertiary/aromatic N) is 4. The van der Waals surface area contributed by atoms with Crippen LogP contribution in [0.4, 0.5) is 37.7 Å². The van der Waals surface area contributed by atoms with E-state index >= 15 is 17.6 Å². The lowest BCUT2D eigenvalue weighted by atomic mass is 9.98. The molecule has 5 rings (SSSR count). The third-order valence-electron chi connectivity index (χ3n) is 5.34. The topological polar surface area (TPSA) is 138 Å². The molecule has 0 amide bonds. The van der Waals surface area contributed by atoms with Gasteiger partial charge in [0.05, 0.1) is 21.5 Å². The molecule has 14 heteroatoms. The van der Waals surface area contributed by atoms with Crippen LogP contribution in [-0.4, -0.2) is 0 Å². The number of allylic oxidation sites excluding steroid dienone is 2. The molecule has 0 aliphatic carbocycles. The first kappa shape index (κ1) is 22.2. The zero-order valence-electron chi connectivity index (χ0n) is 16.9. The summed E-state index contributed by atoms with van der Waals surface area (Å²) in [4.78, 5) is 0. The molecule has 0 atom stereocenters. The summed E-state index contributed by atoms with van der Waals surface area (Å²) in [5, 5.41) is 34.6. The Bertz CT molecular complexity index is 1820. The summed E-state index contributed by atoms with van der Waals surface area (Å²) >= 11 is 0. The molecule has 0 unspecified atom stereocenters. The van der Waals surface area contributed by atoms with Crippen molar-refractivity contribution in [2.24, 2.45) is 0 Å². The number of hydrogen-bond acceptors (Lipinski definition) is 8. The molecule has 0 fully saturated rings. The second kappa shape index (κ2) is 7.45. The molecule has 0 saturated carbocycles. The Morgan fingerprint density at radius 2 is 0.917 bits per heavy atom. The Balaban J connectivity index is 1.94. The largest absolute Gasteiger partial charge is 0.436 e. The summed E-state index contributed by atoms with van der Waals surface area (Å²) in [5.41, 5.74) is -3.36. The molecule has 2 heterocycles. The van der Waals surface area contributed by atoms with E-state index in [0.717, 1.165) is 0 Å². The minimum absolute atomic E-state index is 0.727. The van der Waals surface area contributed by atoms with E-state index < -0.39 is 102 Å². The summed E-state index contributed by atoms with van der Waals surface area (Å²) in [6.45, 7) is 0. The van der Waals surface area contributed by atoms with Gasteiger partial charge in [-0.25, -0.2) is 26.3 Å². The van der Waals surface area contributed by atoms with Crippen molar-refractivity contribution in [3.8, 4) is 35.8 Å². The van der Waals surface area contributed by atoms with Gasteiger partial charge in [-0.15, -0.1) is 0 Å². The lowest BCUT2D eigenvalue weighted by Gasteiger charge is -2.14. The fourth-order valence-corrected chi connectivity index (χ4v) is 3.80. The van der Waals surface area contributed by atoms with Crippen molar-refractivity contribution in [1.82, 2.24) is 0 Å². The molecule has 3 aromatic rings. The highest BCUT2D eigenvalue weighted by Crippen LogP contribution is 2.51. The van der Waals surface area contributed by atoms with Crippen LogP contribution >= 0.6 is 0 Å². The van der Waals surface area contributed by atoms with Gasteiger partial charge < -0.3 is 20.1 Å². The van der Waals surface area contributed by atoms with Gasteiger partial charge in [0.2, 0.25) is 11.8 Å². The molecule has 36 heavy (non-hydrogen) atoms. The zero-order chi connectivity index (χ0) is 26.0. The van der Waals surface area contributed by atoms with Crippen LogP contribution in [-0.2, 0) is 0 Å². The predicted octanol–water partition coefficient (Wildman–Crippen LogP) is 4.95. The molecule has 0 saturated heterocycles. The van der Waals surface area contributed by atoms with Gasteiger partial charge in [-0.3, -0.25) is 0 Å². The number of fused-ring (bicyclic) bond motifs is 5. The standard InChI is InChI=1S/C22H2F6N6O2/c23-11-7-8(15(27)20-17(14(7)26)33-22(36-20)6(3-31)4-32)12(24)10-9(11)13(25)16(28)18-19(10)35-21(34-18)5(1-29)2-30/h33-34H. The second-order valence-electron chi connectivity index (χ2n) is 7.10. The molecule has 0 radical (unpaired) electrons. The number of rotatable bonds is 0. The molecule has 174 valence electrons. The SMILES string of the molecule is N#CC(C#N)=C1Nc2c(c(F)c3c(F)c4c5c(c(F)c(F)c4c(F)c3c2F)NC(=C(C#N)C#N)O5)O1. The van der Waals surface area contributed by atoms with Gasteiger partial charge in [-0.1, -0.05) is 0 Å². The summed E-state index contributed by atoms with van der Waals surface area (Å²) in [6.07, 6.45) is 0. The average molecular weight is 496 g/mol. The molecular formula is C22H2F6N6O2. The third-order valence-corrected chi connectivity index (χ3v) is 5.34. The molecular weight excluding hydrogens is 494 g/mol. The highest BCUT2D eigenvalue weighted by atomic mass is 19.2. The van der Waals surface area contributed by atoms with E-state index in [1.54, 1.807) is 0 Å². The number of benzene rings is 3. The molecule has 2 aliphatic heterocycles. The lowest BCUT2D eigenvalue weighted by molar-refractivity contribution is 0.424. The molecule has 0 bridgehead atoms. The quantitative estimate of drug-likeness (QED) is 0.253. The number of ether oxygens (including phenoxy) is 2. The number of hydrogen-bond donors (Lipinski definition) is 2. The van der Waals surface area contributed by atoms with E-state index in [2.05, 4.69) is 10.6 Å². The van der Waals surface area contributed by atoms with Gasteiger partial charge in [-0.2, -0.15) is 21.0 Å². The van der Waals surface area contributed by atoms with E-state index in [-0.39, 0.29) is 0 Å². The van der Waals surface area contributed by atoms with Gasteiger partial charge in [0.1, 0.15) is 47.3 Å². The van der Waals surface area contributed by atoms with Crippen molar-refractivity contribution in [2.45, 2.75) is 0 Å². The van der Waals surface area contributed by atoms with Gasteiger partial charge in [0.15, 0.2) is 45.9 Å². The van der Waals surface area contributed by atoms with Crippen molar-refractivity contribution in [3.63, 3.8) is 0 Å². The van der Waals surface area contributed by atoms with Gasteiger partial charge >= 0.3 is 0 Å². The van der Waals surface area contributed by atoms with E-state index in [1.807, 2.05) is 0 Å². The maximum atomic E-state index is 15.7. The Labute approximate surface area is 194 Å². The fourth-order valence-electron chi connectivity index (χ4n) is 3.80. The van der Waals surface area contributed by atoms with Crippen LogP contribution in [0.15, 0.2) is 22.9 Å². The Kier molecular flexibility index (Phi) is 4.60. The average Bonchev–Trinajstić information content (AvgIpc) is 3.50. The molecule has 2 aliphatic rings. The number of nitriles is 4. The third kappa shape index (κ3) is 2.61. The number of anilines is 2. The lowest BCUT2D eigenvalue weighted by Crippen LogP contribution is -2.02. The molecule has 8 nitrogen and oxygen atoms in total. The summed E-state index contributed by atoms with van der Waals surface area (Å²) in [6, 6.07) is 5.59. The maximum Gasteiger partial charge on any atom is 0.227 e. The zero-order valence-corrected chi connectivity index (χ0v) is 16.9. The van der Waals surface area contributed by atoms with Crippen molar-refractivity contribution in [2.75, 3.05) is 10.6 Å². The van der Waals surface area contributed by atoms with Crippen molar-refractivity contribution < 1.29 is 35.8 Å². The van der Waals surface area contributed by atoms with E-state index in [0.29, 0.717) is 0 Å². The highest BCUT2D eigenvalue weighted by molar-refractivity contribution is 6.08. The monoisotopic (exact) mass is 496 g/mol.